The Morgan fingerprint density at radius 1 is 1.32 bits per heavy atom. The molecule has 0 fully saturated rings. The van der Waals surface area contributed by atoms with Crippen LogP contribution in [0.25, 0.3) is 0 Å². The van der Waals surface area contributed by atoms with Gasteiger partial charge in [0.25, 0.3) is 11.5 Å². The molecule has 2 aromatic heterocycles. The third-order valence-electron chi connectivity index (χ3n) is 2.70. The van der Waals surface area contributed by atoms with Gasteiger partial charge in [-0.3, -0.25) is 9.59 Å². The maximum absolute atomic E-state index is 12.0. The topological polar surface area (TPSA) is 64.0 Å². The van der Waals surface area contributed by atoms with E-state index in [9.17, 15) is 9.59 Å². The lowest BCUT2D eigenvalue weighted by Crippen LogP contribution is -2.20. The van der Waals surface area contributed by atoms with Crippen LogP contribution in [0.5, 0.6) is 0 Å². The highest BCUT2D eigenvalue weighted by Crippen LogP contribution is 2.06. The third kappa shape index (κ3) is 3.07. The monoisotopic (exact) mass is 257 g/mol. The molecule has 0 aliphatic carbocycles. The summed E-state index contributed by atoms with van der Waals surface area (Å²) in [6.45, 7) is 4.26. The second-order valence-corrected chi connectivity index (χ2v) is 4.16. The van der Waals surface area contributed by atoms with Crippen molar-refractivity contribution in [3.8, 4) is 0 Å². The number of rotatable bonds is 3. The van der Waals surface area contributed by atoms with E-state index in [1.807, 2.05) is 19.9 Å². The minimum absolute atomic E-state index is 0.0887. The van der Waals surface area contributed by atoms with Crippen LogP contribution in [0.2, 0.25) is 0 Å². The molecule has 19 heavy (non-hydrogen) atoms. The molecule has 2 heterocycles. The van der Waals surface area contributed by atoms with Crippen molar-refractivity contribution >= 4 is 11.6 Å². The highest BCUT2D eigenvalue weighted by Gasteiger charge is 2.08. The van der Waals surface area contributed by atoms with E-state index in [1.54, 1.807) is 24.4 Å². The Labute approximate surface area is 110 Å². The fourth-order valence-electron chi connectivity index (χ4n) is 1.72. The lowest BCUT2D eigenvalue weighted by molar-refractivity contribution is 0.102. The third-order valence-corrected chi connectivity index (χ3v) is 2.70. The van der Waals surface area contributed by atoms with Crippen molar-refractivity contribution in [2.45, 2.75) is 20.4 Å². The van der Waals surface area contributed by atoms with E-state index in [0.29, 0.717) is 17.9 Å². The quantitative estimate of drug-likeness (QED) is 0.912. The number of nitrogens with one attached hydrogen (secondary N) is 1. The molecule has 5 heteroatoms. The zero-order valence-electron chi connectivity index (χ0n) is 10.9. The summed E-state index contributed by atoms with van der Waals surface area (Å²) < 4.78 is 1.53. The van der Waals surface area contributed by atoms with Gasteiger partial charge in [0.05, 0.1) is 5.69 Å². The van der Waals surface area contributed by atoms with Gasteiger partial charge in [-0.25, -0.2) is 4.98 Å². The van der Waals surface area contributed by atoms with E-state index in [1.165, 1.54) is 10.6 Å². The number of anilines is 1. The summed E-state index contributed by atoms with van der Waals surface area (Å²) in [5, 5.41) is 2.73. The number of hydrogen-bond acceptors (Lipinski definition) is 3. The predicted octanol–water partition coefficient (Wildman–Crippen LogP) is 1.82. The predicted molar refractivity (Wildman–Crippen MR) is 73.3 cm³/mol. The summed E-state index contributed by atoms with van der Waals surface area (Å²) in [5.74, 6) is -0.287. The number of carbonyl (C=O) groups is 1. The highest BCUT2D eigenvalue weighted by molar-refractivity contribution is 6.02. The molecule has 0 atom stereocenters. The first kappa shape index (κ1) is 13.0. The number of hydrogen-bond donors (Lipinski definition) is 1. The zero-order valence-corrected chi connectivity index (χ0v) is 10.9. The van der Waals surface area contributed by atoms with Crippen molar-refractivity contribution in [1.82, 2.24) is 9.55 Å². The van der Waals surface area contributed by atoms with Crippen LogP contribution in [-0.4, -0.2) is 15.5 Å². The van der Waals surface area contributed by atoms with Gasteiger partial charge in [-0.15, -0.1) is 0 Å². The van der Waals surface area contributed by atoms with Crippen LogP contribution in [0, 0.1) is 6.92 Å². The second kappa shape index (κ2) is 5.48. The zero-order chi connectivity index (χ0) is 13.8. The Morgan fingerprint density at radius 2 is 2.11 bits per heavy atom. The lowest BCUT2D eigenvalue weighted by atomic mass is 10.3. The number of amides is 1. The average molecular weight is 257 g/mol. The SMILES string of the molecule is CCn1cc(NC(=O)c2cccc(C)n2)ccc1=O. The molecule has 2 rings (SSSR count). The Bertz CT molecular complexity index is 662. The van der Waals surface area contributed by atoms with Crippen LogP contribution >= 0.6 is 0 Å². The largest absolute Gasteiger partial charge is 0.319 e. The maximum atomic E-state index is 12.0. The molecular formula is C14H15N3O2. The molecule has 98 valence electrons. The smallest absolute Gasteiger partial charge is 0.274 e. The first-order valence-corrected chi connectivity index (χ1v) is 6.05. The molecule has 0 radical (unpaired) electrons. The molecule has 0 bridgehead atoms. The first-order valence-electron chi connectivity index (χ1n) is 6.05. The van der Waals surface area contributed by atoms with Crippen LogP contribution in [0.1, 0.15) is 23.1 Å². The second-order valence-electron chi connectivity index (χ2n) is 4.16. The van der Waals surface area contributed by atoms with E-state index in [4.69, 9.17) is 0 Å². The first-order chi connectivity index (χ1) is 9.10. The van der Waals surface area contributed by atoms with Crippen molar-refractivity contribution in [2.24, 2.45) is 0 Å². The van der Waals surface area contributed by atoms with Crippen LogP contribution in [0.4, 0.5) is 5.69 Å². The fraction of sp³-hybridized carbons (Fsp3) is 0.214. The summed E-state index contributed by atoms with van der Waals surface area (Å²) in [6, 6.07) is 8.28. The van der Waals surface area contributed by atoms with E-state index in [2.05, 4.69) is 10.3 Å². The summed E-state index contributed by atoms with van der Waals surface area (Å²) in [6.07, 6.45) is 1.62. The van der Waals surface area contributed by atoms with E-state index in [0.717, 1.165) is 5.69 Å². The van der Waals surface area contributed by atoms with Gasteiger partial charge in [0.15, 0.2) is 0 Å². The van der Waals surface area contributed by atoms with Crippen molar-refractivity contribution in [3.05, 3.63) is 58.3 Å². The Hall–Kier alpha value is -2.43. The van der Waals surface area contributed by atoms with Crippen LogP contribution in [-0.2, 0) is 6.54 Å². The van der Waals surface area contributed by atoms with Gasteiger partial charge in [0, 0.05) is 24.5 Å². The minimum Gasteiger partial charge on any atom is -0.319 e. The normalized spacial score (nSPS) is 10.2. The molecule has 1 N–H and O–H groups in total. The van der Waals surface area contributed by atoms with Gasteiger partial charge in [0.2, 0.25) is 0 Å². The standard InChI is InChI=1S/C14H15N3O2/c1-3-17-9-11(7-8-13(17)18)16-14(19)12-6-4-5-10(2)15-12/h4-9H,3H2,1-2H3,(H,16,19). The van der Waals surface area contributed by atoms with E-state index >= 15 is 0 Å². The highest BCUT2D eigenvalue weighted by atomic mass is 16.2. The van der Waals surface area contributed by atoms with Gasteiger partial charge in [0.1, 0.15) is 5.69 Å². The summed E-state index contributed by atoms with van der Waals surface area (Å²) in [5.41, 5.74) is 1.63. The molecule has 0 aliphatic heterocycles. The van der Waals surface area contributed by atoms with Crippen LogP contribution in [0.15, 0.2) is 41.3 Å². The van der Waals surface area contributed by atoms with Crippen LogP contribution < -0.4 is 10.9 Å². The molecule has 0 aliphatic rings. The van der Waals surface area contributed by atoms with Crippen LogP contribution in [0.3, 0.4) is 0 Å². The molecule has 0 saturated carbocycles. The number of nitrogens with zero attached hydrogens (tertiary/aromatic N) is 2. The number of aromatic nitrogens is 2. The Morgan fingerprint density at radius 3 is 2.79 bits per heavy atom. The Kier molecular flexibility index (Phi) is 3.75. The molecule has 2 aromatic rings. The van der Waals surface area contributed by atoms with Gasteiger partial charge >= 0.3 is 0 Å². The molecule has 5 nitrogen and oxygen atoms in total. The Balaban J connectivity index is 2.22. The summed E-state index contributed by atoms with van der Waals surface area (Å²) >= 11 is 0. The molecule has 0 unspecified atom stereocenters. The molecular weight excluding hydrogens is 242 g/mol. The van der Waals surface area contributed by atoms with E-state index < -0.39 is 0 Å². The van der Waals surface area contributed by atoms with Crippen molar-refractivity contribution in [3.63, 3.8) is 0 Å². The van der Waals surface area contributed by atoms with Gasteiger partial charge < -0.3 is 9.88 Å². The van der Waals surface area contributed by atoms with Gasteiger partial charge in [-0.1, -0.05) is 6.07 Å². The minimum atomic E-state index is -0.287. The number of carbonyl (C=O) groups excluding carboxylic acids is 1. The van der Waals surface area contributed by atoms with Gasteiger partial charge in [-0.2, -0.15) is 0 Å². The van der Waals surface area contributed by atoms with E-state index in [-0.39, 0.29) is 11.5 Å². The van der Waals surface area contributed by atoms with Crippen molar-refractivity contribution in [1.29, 1.82) is 0 Å². The molecule has 1 amide bonds. The van der Waals surface area contributed by atoms with Gasteiger partial charge in [-0.05, 0) is 32.0 Å². The van der Waals surface area contributed by atoms with Crippen molar-refractivity contribution in [2.75, 3.05) is 5.32 Å². The fourth-order valence-corrected chi connectivity index (χ4v) is 1.72. The number of pyridine rings is 2. The summed E-state index contributed by atoms with van der Waals surface area (Å²) in [4.78, 5) is 27.6. The molecule has 0 aromatic carbocycles. The molecule has 0 spiro atoms. The number of aryl methyl sites for hydroxylation is 2. The maximum Gasteiger partial charge on any atom is 0.274 e. The summed E-state index contributed by atoms with van der Waals surface area (Å²) in [7, 11) is 0. The van der Waals surface area contributed by atoms with Crippen molar-refractivity contribution < 1.29 is 4.79 Å². The average Bonchev–Trinajstić information content (AvgIpc) is 2.41. The lowest BCUT2D eigenvalue weighted by Gasteiger charge is -2.07. The molecule has 0 saturated heterocycles.